The van der Waals surface area contributed by atoms with E-state index >= 15 is 0 Å². The van der Waals surface area contributed by atoms with Crippen molar-refractivity contribution < 1.29 is 0 Å². The highest BCUT2D eigenvalue weighted by Crippen LogP contribution is 2.23. The maximum absolute atomic E-state index is 12.1. The number of hydrogen-bond acceptors (Lipinski definition) is 2. The van der Waals surface area contributed by atoms with Crippen molar-refractivity contribution in [1.82, 2.24) is 9.55 Å². The molecule has 19 heavy (non-hydrogen) atoms. The van der Waals surface area contributed by atoms with Crippen LogP contribution in [0.3, 0.4) is 0 Å². The minimum absolute atomic E-state index is 0.177. The predicted molar refractivity (Wildman–Crippen MR) is 76.3 cm³/mol. The highest BCUT2D eigenvalue weighted by atomic mass is 16.1. The molecule has 0 N–H and O–H groups in total. The highest BCUT2D eigenvalue weighted by Gasteiger charge is 2.11. The van der Waals surface area contributed by atoms with Gasteiger partial charge in [-0.15, -0.1) is 0 Å². The van der Waals surface area contributed by atoms with Gasteiger partial charge >= 0.3 is 0 Å². The Labute approximate surface area is 111 Å². The molecule has 2 heterocycles. The predicted octanol–water partition coefficient (Wildman–Crippen LogP) is 2.86. The second kappa shape index (κ2) is 4.35. The van der Waals surface area contributed by atoms with Crippen LogP contribution in [-0.2, 0) is 7.05 Å². The molecule has 3 rings (SSSR count). The molecule has 3 heteroatoms. The Hall–Kier alpha value is -2.42. The summed E-state index contributed by atoms with van der Waals surface area (Å²) < 4.78 is 1.94. The number of pyridine rings is 2. The zero-order valence-electron chi connectivity index (χ0n) is 10.9. The minimum Gasteiger partial charge on any atom is -0.350 e. The first-order valence-electron chi connectivity index (χ1n) is 6.18. The normalized spacial score (nSPS) is 10.8. The molecule has 94 valence electrons. The van der Waals surface area contributed by atoms with Gasteiger partial charge in [0.05, 0.1) is 17.0 Å². The molecule has 0 aromatic heterocycles. The summed E-state index contributed by atoms with van der Waals surface area (Å²) in [5.41, 5.74) is 4.26. The van der Waals surface area contributed by atoms with Crippen LogP contribution in [0.4, 0.5) is 0 Å². The highest BCUT2D eigenvalue weighted by molar-refractivity contribution is 5.69. The molecule has 0 atom stereocenters. The zero-order valence-corrected chi connectivity index (χ0v) is 10.9. The fourth-order valence-corrected chi connectivity index (χ4v) is 2.19. The Bertz CT molecular complexity index is 757. The number of nitrogens with zero attached hydrogens (tertiary/aromatic N) is 2. The van der Waals surface area contributed by atoms with Gasteiger partial charge < -0.3 is 4.57 Å². The Morgan fingerprint density at radius 3 is 2.58 bits per heavy atom. The molecule has 1 aromatic rings. The van der Waals surface area contributed by atoms with Crippen molar-refractivity contribution in [3.63, 3.8) is 0 Å². The summed E-state index contributed by atoms with van der Waals surface area (Å²) >= 11 is 0. The third-order valence-corrected chi connectivity index (χ3v) is 3.30. The second-order valence-corrected chi connectivity index (χ2v) is 4.73. The second-order valence-electron chi connectivity index (χ2n) is 4.73. The third kappa shape index (κ3) is 2.03. The van der Waals surface area contributed by atoms with Crippen LogP contribution in [0, 0.1) is 6.92 Å². The van der Waals surface area contributed by atoms with Crippen LogP contribution in [-0.4, -0.2) is 9.55 Å². The van der Waals surface area contributed by atoms with Gasteiger partial charge in [-0.05, 0) is 25.1 Å². The fourth-order valence-electron chi connectivity index (χ4n) is 2.19. The standard InChI is InChI=1S/C16H14N2O/c1-11-5-7-12(8-6-11)14-10-15-13(16(19)17-14)4-3-9-18(15)2/h3-10H,1-2H3. The fraction of sp³-hybridized carbons (Fsp3) is 0.125. The molecule has 1 aromatic carbocycles. The monoisotopic (exact) mass is 250 g/mol. The van der Waals surface area contributed by atoms with Crippen molar-refractivity contribution in [1.29, 1.82) is 0 Å². The van der Waals surface area contributed by atoms with Crippen LogP contribution in [0.25, 0.3) is 22.5 Å². The van der Waals surface area contributed by atoms with Gasteiger partial charge in [0, 0.05) is 18.8 Å². The summed E-state index contributed by atoms with van der Waals surface area (Å²) in [4.78, 5) is 16.2. The summed E-state index contributed by atoms with van der Waals surface area (Å²) in [5, 5.41) is 0. The van der Waals surface area contributed by atoms with E-state index in [0.717, 1.165) is 17.0 Å². The van der Waals surface area contributed by atoms with E-state index in [1.54, 1.807) is 0 Å². The Morgan fingerprint density at radius 1 is 1.11 bits per heavy atom. The van der Waals surface area contributed by atoms with Crippen molar-refractivity contribution in [2.75, 3.05) is 0 Å². The summed E-state index contributed by atoms with van der Waals surface area (Å²) in [7, 11) is 1.93. The summed E-state index contributed by atoms with van der Waals surface area (Å²) in [6.07, 6.45) is 1.93. The van der Waals surface area contributed by atoms with Crippen molar-refractivity contribution in [3.05, 3.63) is 64.6 Å². The van der Waals surface area contributed by atoms with Crippen LogP contribution in [0.2, 0.25) is 0 Å². The summed E-state index contributed by atoms with van der Waals surface area (Å²) in [6.45, 7) is 2.04. The molecule has 0 saturated heterocycles. The molecule has 0 fully saturated rings. The van der Waals surface area contributed by atoms with E-state index in [0.29, 0.717) is 5.56 Å². The molecule has 0 bridgehead atoms. The van der Waals surface area contributed by atoms with Crippen molar-refractivity contribution in [2.45, 2.75) is 6.92 Å². The lowest BCUT2D eigenvalue weighted by Gasteiger charge is -2.11. The van der Waals surface area contributed by atoms with Gasteiger partial charge in [0.2, 0.25) is 0 Å². The molecule has 3 nitrogen and oxygen atoms in total. The van der Waals surface area contributed by atoms with E-state index in [2.05, 4.69) is 4.98 Å². The Kier molecular flexibility index (Phi) is 2.67. The lowest BCUT2D eigenvalue weighted by atomic mass is 10.1. The maximum atomic E-state index is 12.1. The van der Waals surface area contributed by atoms with E-state index < -0.39 is 0 Å². The molecule has 0 radical (unpaired) electrons. The van der Waals surface area contributed by atoms with E-state index in [1.807, 2.05) is 67.2 Å². The van der Waals surface area contributed by atoms with Crippen molar-refractivity contribution >= 4 is 0 Å². The van der Waals surface area contributed by atoms with E-state index in [-0.39, 0.29) is 5.56 Å². The van der Waals surface area contributed by atoms with E-state index in [9.17, 15) is 4.79 Å². The van der Waals surface area contributed by atoms with Gasteiger partial charge in [-0.1, -0.05) is 29.8 Å². The van der Waals surface area contributed by atoms with E-state index in [1.165, 1.54) is 5.56 Å². The van der Waals surface area contributed by atoms with Gasteiger partial charge in [0.15, 0.2) is 0 Å². The number of hydrogen-bond donors (Lipinski definition) is 0. The smallest absolute Gasteiger partial charge is 0.279 e. The van der Waals surface area contributed by atoms with Gasteiger partial charge in [-0.3, -0.25) is 4.79 Å². The topological polar surface area (TPSA) is 34.9 Å². The number of aryl methyl sites for hydroxylation is 2. The van der Waals surface area contributed by atoms with Crippen LogP contribution in [0.15, 0.2) is 53.5 Å². The molecule has 2 aliphatic rings. The van der Waals surface area contributed by atoms with Crippen LogP contribution >= 0.6 is 0 Å². The molecule has 0 amide bonds. The van der Waals surface area contributed by atoms with Gasteiger partial charge in [-0.2, -0.15) is 0 Å². The lowest BCUT2D eigenvalue weighted by molar-refractivity contribution is 0.906. The van der Waals surface area contributed by atoms with Crippen LogP contribution < -0.4 is 5.56 Å². The summed E-state index contributed by atoms with van der Waals surface area (Å²) in [5.74, 6) is 0. The molecule has 0 unspecified atom stereocenters. The third-order valence-electron chi connectivity index (χ3n) is 3.30. The molecule has 0 spiro atoms. The number of rotatable bonds is 1. The first-order chi connectivity index (χ1) is 9.15. The average Bonchev–Trinajstić information content (AvgIpc) is 2.41. The first-order valence-corrected chi connectivity index (χ1v) is 6.18. The average molecular weight is 250 g/mol. The van der Waals surface area contributed by atoms with Crippen molar-refractivity contribution in [3.8, 4) is 22.5 Å². The lowest BCUT2D eigenvalue weighted by Crippen LogP contribution is -2.14. The maximum Gasteiger partial charge on any atom is 0.279 e. The largest absolute Gasteiger partial charge is 0.350 e. The van der Waals surface area contributed by atoms with Crippen LogP contribution in [0.1, 0.15) is 5.56 Å². The Balaban J connectivity index is 2.26. The molecule has 0 saturated carbocycles. The molecular formula is C16H14N2O. The molecule has 0 aliphatic carbocycles. The van der Waals surface area contributed by atoms with Crippen LogP contribution in [0.5, 0.6) is 0 Å². The molecule has 2 aliphatic heterocycles. The quantitative estimate of drug-likeness (QED) is 0.665. The minimum atomic E-state index is -0.177. The number of benzene rings is 1. The first kappa shape index (κ1) is 11.7. The SMILES string of the molecule is Cc1ccc(-c2cc3n(C)cccc-3c(=O)n2)cc1. The van der Waals surface area contributed by atoms with Crippen molar-refractivity contribution in [2.24, 2.45) is 7.05 Å². The van der Waals surface area contributed by atoms with Gasteiger partial charge in [0.1, 0.15) is 0 Å². The number of aromatic nitrogens is 2. The zero-order chi connectivity index (χ0) is 13.4. The summed E-state index contributed by atoms with van der Waals surface area (Å²) in [6, 6.07) is 13.7. The van der Waals surface area contributed by atoms with E-state index in [4.69, 9.17) is 0 Å². The van der Waals surface area contributed by atoms with Gasteiger partial charge in [0.25, 0.3) is 5.56 Å². The van der Waals surface area contributed by atoms with Gasteiger partial charge in [-0.25, -0.2) is 4.98 Å². The number of fused-ring (bicyclic) bond motifs is 1. The Morgan fingerprint density at radius 2 is 1.84 bits per heavy atom. The molecular weight excluding hydrogens is 236 g/mol.